The molecule has 2 heterocycles. The summed E-state index contributed by atoms with van der Waals surface area (Å²) in [5, 5.41) is 0. The third-order valence-electron chi connectivity index (χ3n) is 2.89. The standard InChI is InChI=1S/C14H18BrN3O3/c1-3-20-6-4-5-12(19)21-9(2)13-17-11-7-10(15)8-16-14(11)18-13/h7-9H,3-6H2,1-2H3,(H,16,17,18). The average molecular weight is 356 g/mol. The molecular weight excluding hydrogens is 338 g/mol. The summed E-state index contributed by atoms with van der Waals surface area (Å²) in [6.45, 7) is 4.94. The van der Waals surface area contributed by atoms with Crippen LogP contribution in [-0.2, 0) is 14.3 Å². The van der Waals surface area contributed by atoms with Crippen LogP contribution in [0.25, 0.3) is 11.2 Å². The number of rotatable bonds is 7. The van der Waals surface area contributed by atoms with Gasteiger partial charge in [0.25, 0.3) is 0 Å². The second-order valence-corrected chi connectivity index (χ2v) is 5.49. The number of fused-ring (bicyclic) bond motifs is 1. The molecule has 1 unspecified atom stereocenters. The number of aromatic nitrogens is 3. The molecule has 0 aromatic carbocycles. The minimum atomic E-state index is -0.433. The molecule has 0 amide bonds. The van der Waals surface area contributed by atoms with Crippen molar-refractivity contribution in [2.75, 3.05) is 13.2 Å². The molecule has 7 heteroatoms. The molecule has 2 aromatic rings. The molecule has 21 heavy (non-hydrogen) atoms. The highest BCUT2D eigenvalue weighted by Crippen LogP contribution is 2.20. The van der Waals surface area contributed by atoms with E-state index in [0.29, 0.717) is 37.5 Å². The van der Waals surface area contributed by atoms with Gasteiger partial charge in [-0.1, -0.05) is 0 Å². The number of carbonyl (C=O) groups is 1. The molecule has 0 fully saturated rings. The molecule has 0 bridgehead atoms. The lowest BCUT2D eigenvalue weighted by Gasteiger charge is -2.10. The molecule has 0 radical (unpaired) electrons. The van der Waals surface area contributed by atoms with E-state index < -0.39 is 6.10 Å². The maximum Gasteiger partial charge on any atom is 0.306 e. The highest BCUT2D eigenvalue weighted by Gasteiger charge is 2.16. The zero-order chi connectivity index (χ0) is 15.2. The molecule has 0 aliphatic rings. The van der Waals surface area contributed by atoms with Crippen molar-refractivity contribution in [1.82, 2.24) is 15.0 Å². The largest absolute Gasteiger partial charge is 0.454 e. The third kappa shape index (κ3) is 4.50. The fourth-order valence-corrected chi connectivity index (χ4v) is 2.19. The van der Waals surface area contributed by atoms with Gasteiger partial charge in [0, 0.05) is 30.3 Å². The van der Waals surface area contributed by atoms with E-state index in [1.54, 1.807) is 13.1 Å². The van der Waals surface area contributed by atoms with Gasteiger partial charge in [0.15, 0.2) is 11.8 Å². The van der Waals surface area contributed by atoms with Gasteiger partial charge >= 0.3 is 5.97 Å². The molecule has 1 N–H and O–H groups in total. The first kappa shape index (κ1) is 15.9. The molecular formula is C14H18BrN3O3. The Kier molecular flexibility index (Phi) is 5.69. The summed E-state index contributed by atoms with van der Waals surface area (Å²) in [6, 6.07) is 1.88. The van der Waals surface area contributed by atoms with Gasteiger partial charge in [0.1, 0.15) is 5.82 Å². The van der Waals surface area contributed by atoms with Crippen molar-refractivity contribution in [3.63, 3.8) is 0 Å². The van der Waals surface area contributed by atoms with Crippen molar-refractivity contribution in [2.24, 2.45) is 0 Å². The Morgan fingerprint density at radius 1 is 1.52 bits per heavy atom. The molecule has 0 aliphatic carbocycles. The summed E-state index contributed by atoms with van der Waals surface area (Å²) < 4.78 is 11.4. The number of halogens is 1. The highest BCUT2D eigenvalue weighted by molar-refractivity contribution is 9.10. The second-order valence-electron chi connectivity index (χ2n) is 4.58. The summed E-state index contributed by atoms with van der Waals surface area (Å²) in [7, 11) is 0. The normalized spacial score (nSPS) is 12.5. The predicted octanol–water partition coefficient (Wildman–Crippen LogP) is 3.14. The third-order valence-corrected chi connectivity index (χ3v) is 3.32. The second kappa shape index (κ2) is 7.51. The van der Waals surface area contributed by atoms with Gasteiger partial charge in [0.05, 0.1) is 5.52 Å². The summed E-state index contributed by atoms with van der Waals surface area (Å²) >= 11 is 3.35. The number of hydrogen-bond acceptors (Lipinski definition) is 5. The van der Waals surface area contributed by atoms with E-state index in [1.165, 1.54) is 0 Å². The van der Waals surface area contributed by atoms with Crippen LogP contribution in [-0.4, -0.2) is 34.1 Å². The van der Waals surface area contributed by atoms with Gasteiger partial charge in [-0.3, -0.25) is 4.79 Å². The van der Waals surface area contributed by atoms with Crippen LogP contribution in [0.3, 0.4) is 0 Å². The summed E-state index contributed by atoms with van der Waals surface area (Å²) in [5.74, 6) is 0.338. The Morgan fingerprint density at radius 3 is 3.10 bits per heavy atom. The number of nitrogens with zero attached hydrogens (tertiary/aromatic N) is 2. The van der Waals surface area contributed by atoms with Crippen molar-refractivity contribution in [1.29, 1.82) is 0 Å². The smallest absolute Gasteiger partial charge is 0.306 e. The Hall–Kier alpha value is -1.47. The first-order valence-electron chi connectivity index (χ1n) is 6.88. The zero-order valence-electron chi connectivity index (χ0n) is 12.1. The lowest BCUT2D eigenvalue weighted by Crippen LogP contribution is -2.10. The minimum absolute atomic E-state index is 0.253. The molecule has 2 rings (SSSR count). The van der Waals surface area contributed by atoms with Crippen LogP contribution in [0.15, 0.2) is 16.7 Å². The van der Waals surface area contributed by atoms with Gasteiger partial charge in [-0.15, -0.1) is 0 Å². The van der Waals surface area contributed by atoms with Crippen molar-refractivity contribution < 1.29 is 14.3 Å². The number of nitrogens with one attached hydrogen (secondary N) is 1. The maximum absolute atomic E-state index is 11.7. The van der Waals surface area contributed by atoms with E-state index >= 15 is 0 Å². The van der Waals surface area contributed by atoms with Crippen molar-refractivity contribution >= 4 is 33.1 Å². The van der Waals surface area contributed by atoms with Gasteiger partial charge in [-0.2, -0.15) is 0 Å². The van der Waals surface area contributed by atoms with Crippen LogP contribution in [0.5, 0.6) is 0 Å². The first-order valence-corrected chi connectivity index (χ1v) is 7.68. The Morgan fingerprint density at radius 2 is 2.33 bits per heavy atom. The monoisotopic (exact) mass is 355 g/mol. The topological polar surface area (TPSA) is 77.1 Å². The van der Waals surface area contributed by atoms with Gasteiger partial charge in [0.2, 0.25) is 0 Å². The molecule has 114 valence electrons. The molecule has 0 saturated carbocycles. The van der Waals surface area contributed by atoms with Gasteiger partial charge in [-0.25, -0.2) is 9.97 Å². The van der Waals surface area contributed by atoms with Crippen molar-refractivity contribution in [3.8, 4) is 0 Å². The predicted molar refractivity (Wildman–Crippen MR) is 81.8 cm³/mol. The number of imidazole rings is 1. The quantitative estimate of drug-likeness (QED) is 0.609. The summed E-state index contributed by atoms with van der Waals surface area (Å²) in [5.41, 5.74) is 1.41. The van der Waals surface area contributed by atoms with Crippen LogP contribution in [0.4, 0.5) is 0 Å². The fourth-order valence-electron chi connectivity index (χ4n) is 1.86. The summed E-state index contributed by atoms with van der Waals surface area (Å²) in [6.07, 6.45) is 2.25. The molecule has 1 atom stereocenters. The number of hydrogen-bond donors (Lipinski definition) is 1. The van der Waals surface area contributed by atoms with E-state index in [2.05, 4.69) is 30.9 Å². The number of ether oxygens (including phenoxy) is 2. The van der Waals surface area contributed by atoms with Crippen LogP contribution in [0, 0.1) is 0 Å². The number of H-pyrrole nitrogens is 1. The van der Waals surface area contributed by atoms with E-state index in [-0.39, 0.29) is 5.97 Å². The molecule has 6 nitrogen and oxygen atoms in total. The number of pyridine rings is 1. The SMILES string of the molecule is CCOCCCC(=O)OC(C)c1nc2ncc(Br)cc2[nH]1. The Balaban J connectivity index is 1.92. The maximum atomic E-state index is 11.7. The summed E-state index contributed by atoms with van der Waals surface area (Å²) in [4.78, 5) is 23.3. The number of aromatic amines is 1. The molecule has 0 spiro atoms. The van der Waals surface area contributed by atoms with Crippen LogP contribution in [0.1, 0.15) is 38.6 Å². The number of carbonyl (C=O) groups excluding carboxylic acids is 1. The average Bonchev–Trinajstić information content (AvgIpc) is 2.86. The molecule has 0 saturated heterocycles. The molecule has 2 aromatic heterocycles. The zero-order valence-corrected chi connectivity index (χ0v) is 13.6. The molecule has 0 aliphatic heterocycles. The van der Waals surface area contributed by atoms with Crippen molar-refractivity contribution in [3.05, 3.63) is 22.6 Å². The highest BCUT2D eigenvalue weighted by atomic mass is 79.9. The van der Waals surface area contributed by atoms with Crippen LogP contribution < -0.4 is 0 Å². The van der Waals surface area contributed by atoms with E-state index in [9.17, 15) is 4.79 Å². The Labute approximate surface area is 131 Å². The lowest BCUT2D eigenvalue weighted by molar-refractivity contribution is -0.149. The number of esters is 1. The first-order chi connectivity index (χ1) is 10.1. The van der Waals surface area contributed by atoms with Crippen molar-refractivity contribution in [2.45, 2.75) is 32.8 Å². The van der Waals surface area contributed by atoms with E-state index in [1.807, 2.05) is 13.0 Å². The van der Waals surface area contributed by atoms with Crippen LogP contribution in [0.2, 0.25) is 0 Å². The fraction of sp³-hybridized carbons (Fsp3) is 0.500. The van der Waals surface area contributed by atoms with Crippen LogP contribution >= 0.6 is 15.9 Å². The van der Waals surface area contributed by atoms with Gasteiger partial charge in [-0.05, 0) is 42.3 Å². The van der Waals surface area contributed by atoms with E-state index in [0.717, 1.165) is 9.99 Å². The van der Waals surface area contributed by atoms with Gasteiger partial charge < -0.3 is 14.5 Å². The lowest BCUT2D eigenvalue weighted by atomic mass is 10.3. The Bertz CT molecular complexity index is 615. The minimum Gasteiger partial charge on any atom is -0.454 e. The van der Waals surface area contributed by atoms with E-state index in [4.69, 9.17) is 9.47 Å².